The van der Waals surface area contributed by atoms with Gasteiger partial charge in [0.25, 0.3) is 11.8 Å². The second-order valence-electron chi connectivity index (χ2n) is 7.82. The van der Waals surface area contributed by atoms with Crippen molar-refractivity contribution in [2.45, 2.75) is 39.2 Å². The van der Waals surface area contributed by atoms with Crippen molar-refractivity contribution in [2.24, 2.45) is 0 Å². The van der Waals surface area contributed by atoms with Gasteiger partial charge in [-0.3, -0.25) is 14.5 Å². The van der Waals surface area contributed by atoms with Crippen LogP contribution in [0.3, 0.4) is 0 Å². The number of amides is 2. The van der Waals surface area contributed by atoms with Gasteiger partial charge in [-0.25, -0.2) is 4.79 Å². The monoisotopic (exact) mass is 484 g/mol. The molecule has 2 aliphatic heterocycles. The van der Waals surface area contributed by atoms with Crippen LogP contribution >= 0.6 is 11.6 Å². The molecular formula is C25H25ClN2O6. The first kappa shape index (κ1) is 25.2. The van der Waals surface area contributed by atoms with E-state index in [1.165, 1.54) is 0 Å². The summed E-state index contributed by atoms with van der Waals surface area (Å²) in [6.45, 7) is 3.57. The molecule has 1 N–H and O–H groups in total. The highest BCUT2D eigenvalue weighted by Crippen LogP contribution is 2.32. The standard InChI is InChI=1S/C25H25ClN2O6/c1-3-11-33-25(32)19-12-16(5-7-21(19)26)22-8-6-17(34-22)13-18-15(2)20(14-27)24(31)28(23(18)30)9-4-10-29/h5,7-8,12-13,17,29H,3-4,6,9-11H2,1-2H3/b18-13-. The van der Waals surface area contributed by atoms with Gasteiger partial charge >= 0.3 is 5.97 Å². The van der Waals surface area contributed by atoms with Crippen molar-refractivity contribution in [3.63, 3.8) is 0 Å². The van der Waals surface area contributed by atoms with E-state index in [0.29, 0.717) is 29.7 Å². The van der Waals surface area contributed by atoms with Gasteiger partial charge in [-0.1, -0.05) is 18.5 Å². The van der Waals surface area contributed by atoms with Gasteiger partial charge < -0.3 is 14.6 Å². The number of nitriles is 1. The van der Waals surface area contributed by atoms with Crippen LogP contribution in [-0.4, -0.2) is 53.7 Å². The summed E-state index contributed by atoms with van der Waals surface area (Å²) in [5.74, 6) is -1.19. The lowest BCUT2D eigenvalue weighted by molar-refractivity contribution is -0.140. The number of esters is 1. The summed E-state index contributed by atoms with van der Waals surface area (Å²) < 4.78 is 11.2. The topological polar surface area (TPSA) is 117 Å². The minimum absolute atomic E-state index is 0.0146. The Labute approximate surface area is 202 Å². The third-order valence-electron chi connectivity index (χ3n) is 5.44. The van der Waals surface area contributed by atoms with Crippen LogP contribution in [0, 0.1) is 11.3 Å². The minimum atomic E-state index is -0.662. The summed E-state index contributed by atoms with van der Waals surface area (Å²) in [4.78, 5) is 38.7. The number of hydrogen-bond acceptors (Lipinski definition) is 7. The molecule has 0 bridgehead atoms. The molecule has 0 saturated carbocycles. The van der Waals surface area contributed by atoms with E-state index in [-0.39, 0.29) is 47.9 Å². The second kappa shape index (κ2) is 11.1. The maximum Gasteiger partial charge on any atom is 0.339 e. The molecule has 1 unspecified atom stereocenters. The van der Waals surface area contributed by atoms with E-state index in [9.17, 15) is 19.6 Å². The Kier molecular flexibility index (Phi) is 8.26. The molecule has 2 aliphatic rings. The SMILES string of the molecule is CCCOC(=O)c1cc(C2=CCC(/C=C3\C(=O)N(CCCO)C(=O)C(C#N)=C3C)O2)ccc1Cl. The molecule has 9 heteroatoms. The van der Waals surface area contributed by atoms with Crippen LogP contribution in [-0.2, 0) is 19.1 Å². The highest BCUT2D eigenvalue weighted by Gasteiger charge is 2.36. The number of aliphatic hydroxyl groups excluding tert-OH is 1. The molecule has 1 aromatic carbocycles. The largest absolute Gasteiger partial charge is 0.486 e. The number of ether oxygens (including phenoxy) is 2. The van der Waals surface area contributed by atoms with Crippen molar-refractivity contribution in [3.05, 3.63) is 63.2 Å². The second-order valence-corrected chi connectivity index (χ2v) is 8.23. The van der Waals surface area contributed by atoms with Gasteiger partial charge in [-0.2, -0.15) is 5.26 Å². The number of nitrogens with zero attached hydrogens (tertiary/aromatic N) is 2. The average molecular weight is 485 g/mol. The van der Waals surface area contributed by atoms with Crippen molar-refractivity contribution >= 4 is 35.1 Å². The first-order chi connectivity index (χ1) is 16.3. The number of carbonyl (C=O) groups is 3. The number of imide groups is 1. The Morgan fingerprint density at radius 2 is 2.15 bits per heavy atom. The quantitative estimate of drug-likeness (QED) is 0.340. The molecule has 1 aromatic rings. The Balaban J connectivity index is 1.83. The van der Waals surface area contributed by atoms with E-state index < -0.39 is 23.9 Å². The third-order valence-corrected chi connectivity index (χ3v) is 5.77. The van der Waals surface area contributed by atoms with Gasteiger partial charge in [0.2, 0.25) is 0 Å². The number of halogens is 1. The van der Waals surface area contributed by atoms with Crippen LogP contribution < -0.4 is 0 Å². The lowest BCUT2D eigenvalue weighted by Crippen LogP contribution is -2.43. The van der Waals surface area contributed by atoms with Crippen LogP contribution in [0.1, 0.15) is 49.0 Å². The molecule has 0 aliphatic carbocycles. The maximum absolute atomic E-state index is 13.0. The molecule has 0 spiro atoms. The number of aliphatic hydroxyl groups is 1. The maximum atomic E-state index is 13.0. The van der Waals surface area contributed by atoms with Gasteiger partial charge in [0.1, 0.15) is 23.5 Å². The van der Waals surface area contributed by atoms with Crippen molar-refractivity contribution in [3.8, 4) is 6.07 Å². The Hall–Kier alpha value is -3.41. The van der Waals surface area contributed by atoms with Gasteiger partial charge in [0.15, 0.2) is 0 Å². The fourth-order valence-electron chi connectivity index (χ4n) is 3.65. The summed E-state index contributed by atoms with van der Waals surface area (Å²) in [6, 6.07) is 6.79. The summed E-state index contributed by atoms with van der Waals surface area (Å²) in [5, 5.41) is 18.8. The molecule has 2 amide bonds. The lowest BCUT2D eigenvalue weighted by Gasteiger charge is -2.27. The van der Waals surface area contributed by atoms with Crippen molar-refractivity contribution in [2.75, 3.05) is 19.8 Å². The molecule has 0 aromatic heterocycles. The molecule has 1 atom stereocenters. The van der Waals surface area contributed by atoms with Gasteiger partial charge in [-0.15, -0.1) is 0 Å². The zero-order valence-corrected chi connectivity index (χ0v) is 19.7. The molecule has 0 radical (unpaired) electrons. The fourth-order valence-corrected chi connectivity index (χ4v) is 3.85. The van der Waals surface area contributed by atoms with E-state index in [4.69, 9.17) is 26.2 Å². The summed E-state index contributed by atoms with van der Waals surface area (Å²) >= 11 is 6.17. The van der Waals surface area contributed by atoms with Gasteiger partial charge in [-0.05, 0) is 55.7 Å². The Bertz CT molecular complexity index is 1140. The predicted molar refractivity (Wildman–Crippen MR) is 124 cm³/mol. The number of rotatable bonds is 8. The summed E-state index contributed by atoms with van der Waals surface area (Å²) in [5.41, 5.74) is 1.27. The summed E-state index contributed by atoms with van der Waals surface area (Å²) in [6.07, 6.45) is 4.28. The van der Waals surface area contributed by atoms with Crippen LogP contribution in [0.4, 0.5) is 0 Å². The number of carbonyl (C=O) groups excluding carboxylic acids is 3. The van der Waals surface area contributed by atoms with Gasteiger partial charge in [0, 0.05) is 30.7 Å². The molecule has 3 rings (SSSR count). The zero-order chi connectivity index (χ0) is 24.8. The molecule has 2 heterocycles. The zero-order valence-electron chi connectivity index (χ0n) is 19.0. The first-order valence-corrected chi connectivity index (χ1v) is 11.3. The van der Waals surface area contributed by atoms with Crippen LogP contribution in [0.15, 0.2) is 47.1 Å². The number of hydrogen-bond donors (Lipinski definition) is 1. The minimum Gasteiger partial charge on any atom is -0.486 e. The van der Waals surface area contributed by atoms with E-state index >= 15 is 0 Å². The number of benzene rings is 1. The van der Waals surface area contributed by atoms with E-state index in [0.717, 1.165) is 4.90 Å². The molecule has 178 valence electrons. The van der Waals surface area contributed by atoms with Crippen LogP contribution in [0.5, 0.6) is 0 Å². The molecule has 34 heavy (non-hydrogen) atoms. The Morgan fingerprint density at radius 1 is 1.38 bits per heavy atom. The molecule has 0 fully saturated rings. The first-order valence-electron chi connectivity index (χ1n) is 11.0. The Morgan fingerprint density at radius 3 is 2.82 bits per heavy atom. The van der Waals surface area contributed by atoms with Crippen molar-refractivity contribution in [1.82, 2.24) is 4.90 Å². The fraction of sp³-hybridized carbons (Fsp3) is 0.360. The smallest absolute Gasteiger partial charge is 0.339 e. The van der Waals surface area contributed by atoms with Crippen LogP contribution in [0.2, 0.25) is 5.02 Å². The van der Waals surface area contributed by atoms with E-state index in [2.05, 4.69) is 0 Å². The van der Waals surface area contributed by atoms with E-state index in [1.807, 2.05) is 19.1 Å². The molecule has 8 nitrogen and oxygen atoms in total. The van der Waals surface area contributed by atoms with Gasteiger partial charge in [0.05, 0.1) is 17.2 Å². The molecule has 0 saturated heterocycles. The van der Waals surface area contributed by atoms with Crippen molar-refractivity contribution < 1.29 is 29.0 Å². The third kappa shape index (κ3) is 5.22. The van der Waals surface area contributed by atoms with E-state index in [1.54, 1.807) is 31.2 Å². The molecular weight excluding hydrogens is 460 g/mol. The lowest BCUT2D eigenvalue weighted by atomic mass is 9.93. The highest BCUT2D eigenvalue weighted by molar-refractivity contribution is 6.33. The summed E-state index contributed by atoms with van der Waals surface area (Å²) in [7, 11) is 0. The highest BCUT2D eigenvalue weighted by atomic mass is 35.5. The predicted octanol–water partition coefficient (Wildman–Crippen LogP) is 3.55. The average Bonchev–Trinajstić information content (AvgIpc) is 3.29. The van der Waals surface area contributed by atoms with Crippen LogP contribution in [0.25, 0.3) is 5.76 Å². The van der Waals surface area contributed by atoms with Crippen molar-refractivity contribution in [1.29, 1.82) is 5.26 Å². The normalized spacial score (nSPS) is 19.3.